The minimum absolute atomic E-state index is 0.260. The van der Waals surface area contributed by atoms with Gasteiger partial charge in [0, 0.05) is 13.0 Å². The quantitative estimate of drug-likeness (QED) is 0.619. The Bertz CT molecular complexity index is 947. The summed E-state index contributed by atoms with van der Waals surface area (Å²) in [6.07, 6.45) is 4.58. The van der Waals surface area contributed by atoms with Crippen molar-refractivity contribution in [1.29, 1.82) is 0 Å². The molecule has 0 atom stereocenters. The van der Waals surface area contributed by atoms with E-state index in [1.54, 1.807) is 23.1 Å². The van der Waals surface area contributed by atoms with Gasteiger partial charge in [-0.05, 0) is 38.1 Å². The number of hydrogen-bond acceptors (Lipinski definition) is 6. The minimum atomic E-state index is -3.40. The zero-order valence-electron chi connectivity index (χ0n) is 14.7. The Morgan fingerprint density at radius 1 is 1.15 bits per heavy atom. The van der Waals surface area contributed by atoms with Gasteiger partial charge >= 0.3 is 0 Å². The van der Waals surface area contributed by atoms with Gasteiger partial charge in [0.15, 0.2) is 5.82 Å². The summed E-state index contributed by atoms with van der Waals surface area (Å²) in [6, 6.07) is 6.88. The average molecular weight is 375 g/mol. The predicted molar refractivity (Wildman–Crippen MR) is 94.9 cm³/mol. The highest BCUT2D eigenvalue weighted by atomic mass is 32.2. The van der Waals surface area contributed by atoms with Crippen molar-refractivity contribution in [2.24, 2.45) is 0 Å². The lowest BCUT2D eigenvalue weighted by molar-refractivity contribution is 0.588. The summed E-state index contributed by atoms with van der Waals surface area (Å²) < 4.78 is 29.4. The van der Waals surface area contributed by atoms with E-state index in [-0.39, 0.29) is 4.90 Å². The second-order valence-corrected chi connectivity index (χ2v) is 7.59. The molecule has 0 saturated carbocycles. The SMILES string of the molecule is CCn1nc(Cn2cncn2)nc1CCc1ccc(S(=O)(=O)NC)cc1. The standard InChI is InChI=1S/C16H21N7O2S/c1-3-23-16(20-15(21-23)10-22-12-18-11-19-22)9-6-13-4-7-14(8-5-13)26(24,25)17-2/h4-5,7-8,11-12,17H,3,6,9-10H2,1-2H3. The monoisotopic (exact) mass is 375 g/mol. The van der Waals surface area contributed by atoms with Crippen molar-refractivity contribution in [1.82, 2.24) is 34.3 Å². The number of hydrogen-bond donors (Lipinski definition) is 1. The molecule has 0 amide bonds. The molecule has 138 valence electrons. The fourth-order valence-corrected chi connectivity index (χ4v) is 3.33. The third-order valence-electron chi connectivity index (χ3n) is 4.00. The molecule has 26 heavy (non-hydrogen) atoms. The van der Waals surface area contributed by atoms with Gasteiger partial charge in [-0.1, -0.05) is 12.1 Å². The van der Waals surface area contributed by atoms with E-state index in [1.165, 1.54) is 13.4 Å². The first kappa shape index (κ1) is 18.2. The van der Waals surface area contributed by atoms with Gasteiger partial charge in [-0.25, -0.2) is 27.8 Å². The van der Waals surface area contributed by atoms with Gasteiger partial charge in [-0.3, -0.25) is 4.68 Å². The zero-order chi connectivity index (χ0) is 18.6. The molecule has 0 saturated heterocycles. The van der Waals surface area contributed by atoms with Crippen molar-refractivity contribution in [2.45, 2.75) is 37.8 Å². The second kappa shape index (κ2) is 7.75. The number of aromatic nitrogens is 6. The van der Waals surface area contributed by atoms with E-state index in [0.29, 0.717) is 12.4 Å². The number of sulfonamides is 1. The van der Waals surface area contributed by atoms with Crippen molar-refractivity contribution in [3.05, 3.63) is 54.1 Å². The Labute approximate surface area is 152 Å². The molecule has 3 rings (SSSR count). The van der Waals surface area contributed by atoms with E-state index < -0.39 is 10.0 Å². The van der Waals surface area contributed by atoms with Crippen LogP contribution in [0.25, 0.3) is 0 Å². The van der Waals surface area contributed by atoms with E-state index >= 15 is 0 Å². The van der Waals surface area contributed by atoms with Gasteiger partial charge in [0.1, 0.15) is 25.0 Å². The molecule has 0 aliphatic heterocycles. The first-order chi connectivity index (χ1) is 12.5. The van der Waals surface area contributed by atoms with Gasteiger partial charge in [0.05, 0.1) is 4.90 Å². The van der Waals surface area contributed by atoms with Crippen molar-refractivity contribution in [3.8, 4) is 0 Å². The fraction of sp³-hybridized carbons (Fsp3) is 0.375. The summed E-state index contributed by atoms with van der Waals surface area (Å²) >= 11 is 0. The lowest BCUT2D eigenvalue weighted by Crippen LogP contribution is -2.18. The number of nitrogens with one attached hydrogen (secondary N) is 1. The van der Waals surface area contributed by atoms with Gasteiger partial charge in [-0.15, -0.1) is 0 Å². The summed E-state index contributed by atoms with van der Waals surface area (Å²) in [5, 5.41) is 8.57. The van der Waals surface area contributed by atoms with Crippen molar-refractivity contribution < 1.29 is 8.42 Å². The van der Waals surface area contributed by atoms with Crippen LogP contribution in [0.1, 0.15) is 24.1 Å². The Morgan fingerprint density at radius 3 is 2.54 bits per heavy atom. The molecule has 10 heteroatoms. The summed E-state index contributed by atoms with van der Waals surface area (Å²) in [5.41, 5.74) is 1.04. The molecular weight excluding hydrogens is 354 g/mol. The van der Waals surface area contributed by atoms with Crippen LogP contribution in [0, 0.1) is 0 Å². The molecular formula is C16H21N7O2S. The van der Waals surface area contributed by atoms with Crippen molar-refractivity contribution in [3.63, 3.8) is 0 Å². The lowest BCUT2D eigenvalue weighted by atomic mass is 10.1. The van der Waals surface area contributed by atoms with Crippen LogP contribution in [0.15, 0.2) is 41.8 Å². The molecule has 0 fully saturated rings. The van der Waals surface area contributed by atoms with Crippen LogP contribution in [0.4, 0.5) is 0 Å². The fourth-order valence-electron chi connectivity index (χ4n) is 2.60. The van der Waals surface area contributed by atoms with E-state index in [0.717, 1.165) is 30.8 Å². The van der Waals surface area contributed by atoms with Crippen LogP contribution >= 0.6 is 0 Å². The van der Waals surface area contributed by atoms with Gasteiger partial charge in [0.2, 0.25) is 10.0 Å². The second-order valence-electron chi connectivity index (χ2n) is 5.70. The number of aryl methyl sites for hydroxylation is 3. The Balaban J connectivity index is 1.68. The summed E-state index contributed by atoms with van der Waals surface area (Å²) in [4.78, 5) is 8.77. The maximum absolute atomic E-state index is 11.8. The van der Waals surface area contributed by atoms with Crippen LogP contribution in [0.3, 0.4) is 0 Å². The van der Waals surface area contributed by atoms with Gasteiger partial charge < -0.3 is 0 Å². The normalized spacial score (nSPS) is 11.8. The molecule has 0 radical (unpaired) electrons. The molecule has 2 aromatic heterocycles. The van der Waals surface area contributed by atoms with Gasteiger partial charge in [-0.2, -0.15) is 10.2 Å². The van der Waals surface area contributed by atoms with Crippen LogP contribution < -0.4 is 4.72 Å². The molecule has 1 aromatic carbocycles. The van der Waals surface area contributed by atoms with E-state index in [2.05, 4.69) is 24.9 Å². The maximum Gasteiger partial charge on any atom is 0.240 e. The third kappa shape index (κ3) is 4.14. The lowest BCUT2D eigenvalue weighted by Gasteiger charge is -2.05. The van der Waals surface area contributed by atoms with Crippen LogP contribution in [-0.4, -0.2) is 45.0 Å². The largest absolute Gasteiger partial charge is 0.250 e. The van der Waals surface area contributed by atoms with E-state index in [9.17, 15) is 8.42 Å². The topological polar surface area (TPSA) is 108 Å². The molecule has 0 unspecified atom stereocenters. The van der Waals surface area contributed by atoms with E-state index in [1.807, 2.05) is 23.7 Å². The zero-order valence-corrected chi connectivity index (χ0v) is 15.5. The van der Waals surface area contributed by atoms with Gasteiger partial charge in [0.25, 0.3) is 0 Å². The third-order valence-corrected chi connectivity index (χ3v) is 5.43. The summed E-state index contributed by atoms with van der Waals surface area (Å²) in [6.45, 7) is 3.24. The first-order valence-electron chi connectivity index (χ1n) is 8.29. The molecule has 1 N–H and O–H groups in total. The minimum Gasteiger partial charge on any atom is -0.250 e. The molecule has 0 aliphatic carbocycles. The first-order valence-corrected chi connectivity index (χ1v) is 9.77. The van der Waals surface area contributed by atoms with Crippen LogP contribution in [0.5, 0.6) is 0 Å². The predicted octanol–water partition coefficient (Wildman–Crippen LogP) is 0.631. The van der Waals surface area contributed by atoms with E-state index in [4.69, 9.17) is 0 Å². The van der Waals surface area contributed by atoms with Crippen molar-refractivity contribution >= 4 is 10.0 Å². The maximum atomic E-state index is 11.8. The van der Waals surface area contributed by atoms with Crippen molar-refractivity contribution in [2.75, 3.05) is 7.05 Å². The highest BCUT2D eigenvalue weighted by molar-refractivity contribution is 7.89. The Kier molecular flexibility index (Phi) is 5.43. The summed E-state index contributed by atoms with van der Waals surface area (Å²) in [5.74, 6) is 1.59. The highest BCUT2D eigenvalue weighted by Crippen LogP contribution is 2.12. The average Bonchev–Trinajstić information content (AvgIpc) is 3.30. The Hall–Kier alpha value is -2.59. The summed E-state index contributed by atoms with van der Waals surface area (Å²) in [7, 11) is -2.00. The molecule has 9 nitrogen and oxygen atoms in total. The Morgan fingerprint density at radius 2 is 1.92 bits per heavy atom. The molecule has 0 spiro atoms. The molecule has 0 bridgehead atoms. The molecule has 3 aromatic rings. The molecule has 0 aliphatic rings. The number of rotatable bonds is 8. The molecule has 2 heterocycles. The number of nitrogens with zero attached hydrogens (tertiary/aromatic N) is 6. The van der Waals surface area contributed by atoms with Crippen LogP contribution in [0.2, 0.25) is 0 Å². The highest BCUT2D eigenvalue weighted by Gasteiger charge is 2.12. The smallest absolute Gasteiger partial charge is 0.240 e. The van der Waals surface area contributed by atoms with Crippen LogP contribution in [-0.2, 0) is 36.0 Å². The number of benzene rings is 1.